The molecule has 0 saturated carbocycles. The maximum Gasteiger partial charge on any atom is 0.193 e. The Balaban J connectivity index is 1.75. The van der Waals surface area contributed by atoms with E-state index in [1.54, 1.807) is 0 Å². The van der Waals surface area contributed by atoms with Gasteiger partial charge in [0, 0.05) is 58.9 Å². The highest BCUT2D eigenvalue weighted by Crippen LogP contribution is 2.15. The van der Waals surface area contributed by atoms with Gasteiger partial charge >= 0.3 is 0 Å². The summed E-state index contributed by atoms with van der Waals surface area (Å²) >= 11 is 0. The predicted molar refractivity (Wildman–Crippen MR) is 94.5 cm³/mol. The molecule has 2 heterocycles. The van der Waals surface area contributed by atoms with E-state index in [-0.39, 0.29) is 0 Å². The second-order valence-corrected chi connectivity index (χ2v) is 6.94. The first-order valence-electron chi connectivity index (χ1n) is 9.06. The minimum atomic E-state index is 0.568. The molecule has 0 aromatic rings. The van der Waals surface area contributed by atoms with Crippen molar-refractivity contribution in [2.45, 2.75) is 39.7 Å². The topological polar surface area (TPSA) is 34.1 Å². The van der Waals surface area contributed by atoms with Crippen LogP contribution in [-0.4, -0.2) is 86.1 Å². The average molecular weight is 310 g/mol. The highest BCUT2D eigenvalue weighted by Gasteiger charge is 2.22. The Bertz CT molecular complexity index is 349. The van der Waals surface area contributed by atoms with Crippen LogP contribution in [0.4, 0.5) is 0 Å². The summed E-state index contributed by atoms with van der Waals surface area (Å²) in [5.74, 6) is 1.87. The first-order chi connectivity index (χ1) is 10.6. The van der Waals surface area contributed by atoms with Gasteiger partial charge in [0.2, 0.25) is 0 Å². The van der Waals surface area contributed by atoms with E-state index in [1.807, 2.05) is 7.05 Å². The number of likely N-dealkylation sites (tertiary alicyclic amines) is 1. The quantitative estimate of drug-likeness (QED) is 0.627. The second kappa shape index (κ2) is 8.73. The first kappa shape index (κ1) is 17.5. The molecule has 1 N–H and O–H groups in total. The number of likely N-dealkylation sites (N-methyl/N-ethyl adjacent to an activating group) is 1. The summed E-state index contributed by atoms with van der Waals surface area (Å²) in [4.78, 5) is 12.1. The molecule has 0 spiro atoms. The summed E-state index contributed by atoms with van der Waals surface area (Å²) in [5.41, 5.74) is 0. The molecule has 0 aliphatic carbocycles. The Labute approximate surface area is 136 Å². The van der Waals surface area contributed by atoms with Crippen LogP contribution in [0.5, 0.6) is 0 Å². The van der Waals surface area contributed by atoms with Crippen LogP contribution in [0.2, 0.25) is 0 Å². The van der Waals surface area contributed by atoms with E-state index in [2.05, 4.69) is 45.8 Å². The largest absolute Gasteiger partial charge is 0.355 e. The molecule has 2 atom stereocenters. The maximum atomic E-state index is 4.49. The molecular formula is C17H35N5. The van der Waals surface area contributed by atoms with E-state index in [4.69, 9.17) is 0 Å². The predicted octanol–water partition coefficient (Wildman–Crippen LogP) is 1.32. The fourth-order valence-electron chi connectivity index (χ4n) is 3.60. The molecule has 2 aliphatic rings. The first-order valence-corrected chi connectivity index (χ1v) is 9.06. The minimum Gasteiger partial charge on any atom is -0.355 e. The van der Waals surface area contributed by atoms with Gasteiger partial charge in [-0.2, -0.15) is 0 Å². The summed E-state index contributed by atoms with van der Waals surface area (Å²) in [6.07, 6.45) is 2.64. The summed E-state index contributed by atoms with van der Waals surface area (Å²) in [6, 6.07) is 0.568. The number of hydrogen-bond donors (Lipinski definition) is 1. The lowest BCUT2D eigenvalue weighted by atomic mass is 10.0. The van der Waals surface area contributed by atoms with Gasteiger partial charge in [0.1, 0.15) is 0 Å². The number of piperidine rings is 1. The molecule has 128 valence electrons. The SMILES string of the molecule is CCN1CCN(C(C)CNC(=NC)N2CCCC(C)C2)CC1. The third-order valence-electron chi connectivity index (χ3n) is 5.20. The van der Waals surface area contributed by atoms with Gasteiger partial charge in [-0.15, -0.1) is 0 Å². The van der Waals surface area contributed by atoms with E-state index in [0.717, 1.165) is 31.5 Å². The van der Waals surface area contributed by atoms with E-state index >= 15 is 0 Å². The standard InChI is InChI=1S/C17H35N5/c1-5-20-9-11-21(12-10-20)16(3)13-19-17(18-4)22-8-6-7-15(2)14-22/h15-16H,5-14H2,1-4H3,(H,18,19). The van der Waals surface area contributed by atoms with Crippen molar-refractivity contribution in [3.63, 3.8) is 0 Å². The third-order valence-corrected chi connectivity index (χ3v) is 5.20. The Hall–Kier alpha value is -0.810. The van der Waals surface area contributed by atoms with Crippen molar-refractivity contribution in [3.8, 4) is 0 Å². The Morgan fingerprint density at radius 2 is 1.95 bits per heavy atom. The van der Waals surface area contributed by atoms with Crippen molar-refractivity contribution in [3.05, 3.63) is 0 Å². The van der Waals surface area contributed by atoms with Gasteiger partial charge in [-0.05, 0) is 32.2 Å². The summed E-state index contributed by atoms with van der Waals surface area (Å²) in [5, 5.41) is 3.60. The van der Waals surface area contributed by atoms with Crippen LogP contribution in [0.3, 0.4) is 0 Å². The molecule has 2 saturated heterocycles. The highest BCUT2D eigenvalue weighted by molar-refractivity contribution is 5.80. The van der Waals surface area contributed by atoms with Gasteiger partial charge in [-0.1, -0.05) is 13.8 Å². The molecule has 2 unspecified atom stereocenters. The van der Waals surface area contributed by atoms with Gasteiger partial charge in [0.05, 0.1) is 0 Å². The summed E-state index contributed by atoms with van der Waals surface area (Å²) in [7, 11) is 1.91. The lowest BCUT2D eigenvalue weighted by molar-refractivity contribution is 0.106. The fourth-order valence-corrected chi connectivity index (χ4v) is 3.60. The lowest BCUT2D eigenvalue weighted by Gasteiger charge is -2.38. The van der Waals surface area contributed by atoms with E-state index in [9.17, 15) is 0 Å². The van der Waals surface area contributed by atoms with Crippen molar-refractivity contribution in [2.75, 3.05) is 59.4 Å². The molecule has 0 aromatic heterocycles. The van der Waals surface area contributed by atoms with Crippen molar-refractivity contribution >= 4 is 5.96 Å². The van der Waals surface area contributed by atoms with Crippen molar-refractivity contribution in [1.29, 1.82) is 0 Å². The highest BCUT2D eigenvalue weighted by atomic mass is 15.3. The van der Waals surface area contributed by atoms with Crippen LogP contribution < -0.4 is 5.32 Å². The number of hydrogen-bond acceptors (Lipinski definition) is 3. The van der Waals surface area contributed by atoms with Gasteiger partial charge in [0.15, 0.2) is 5.96 Å². The Morgan fingerprint density at radius 3 is 2.55 bits per heavy atom. The molecule has 0 bridgehead atoms. The molecule has 5 heteroatoms. The normalized spacial score (nSPS) is 27.0. The molecule has 2 fully saturated rings. The van der Waals surface area contributed by atoms with Gasteiger partial charge in [0.25, 0.3) is 0 Å². The zero-order chi connectivity index (χ0) is 15.9. The summed E-state index contributed by atoms with van der Waals surface area (Å²) in [6.45, 7) is 16.2. The molecule has 2 rings (SSSR count). The maximum absolute atomic E-state index is 4.49. The number of nitrogens with one attached hydrogen (secondary N) is 1. The Morgan fingerprint density at radius 1 is 1.23 bits per heavy atom. The van der Waals surface area contributed by atoms with Crippen LogP contribution in [0.1, 0.15) is 33.6 Å². The third kappa shape index (κ3) is 4.85. The number of rotatable bonds is 4. The molecule has 22 heavy (non-hydrogen) atoms. The molecule has 2 aliphatic heterocycles. The van der Waals surface area contributed by atoms with Crippen molar-refractivity contribution in [2.24, 2.45) is 10.9 Å². The van der Waals surface area contributed by atoms with Crippen LogP contribution in [0.15, 0.2) is 4.99 Å². The van der Waals surface area contributed by atoms with Crippen molar-refractivity contribution in [1.82, 2.24) is 20.0 Å². The molecule has 5 nitrogen and oxygen atoms in total. The number of aliphatic imine (C=N–C) groups is 1. The zero-order valence-electron chi connectivity index (χ0n) is 15.0. The van der Waals surface area contributed by atoms with Crippen LogP contribution >= 0.6 is 0 Å². The van der Waals surface area contributed by atoms with Gasteiger partial charge in [-0.25, -0.2) is 0 Å². The minimum absolute atomic E-state index is 0.568. The van der Waals surface area contributed by atoms with Gasteiger partial charge < -0.3 is 15.1 Å². The van der Waals surface area contributed by atoms with E-state index < -0.39 is 0 Å². The van der Waals surface area contributed by atoms with Crippen LogP contribution in [0, 0.1) is 5.92 Å². The fraction of sp³-hybridized carbons (Fsp3) is 0.941. The average Bonchev–Trinajstić information content (AvgIpc) is 2.55. The van der Waals surface area contributed by atoms with E-state index in [0.29, 0.717) is 6.04 Å². The van der Waals surface area contributed by atoms with Crippen molar-refractivity contribution < 1.29 is 0 Å². The monoisotopic (exact) mass is 309 g/mol. The van der Waals surface area contributed by atoms with Gasteiger partial charge in [-0.3, -0.25) is 9.89 Å². The smallest absolute Gasteiger partial charge is 0.193 e. The zero-order valence-corrected chi connectivity index (χ0v) is 15.0. The molecule has 0 radical (unpaired) electrons. The summed E-state index contributed by atoms with van der Waals surface area (Å²) < 4.78 is 0. The van der Waals surface area contributed by atoms with Crippen LogP contribution in [0.25, 0.3) is 0 Å². The molecular weight excluding hydrogens is 274 g/mol. The second-order valence-electron chi connectivity index (χ2n) is 6.94. The lowest BCUT2D eigenvalue weighted by Crippen LogP contribution is -2.54. The van der Waals surface area contributed by atoms with Crippen LogP contribution in [-0.2, 0) is 0 Å². The number of guanidine groups is 1. The number of nitrogens with zero attached hydrogens (tertiary/aromatic N) is 4. The molecule has 0 aromatic carbocycles. The Kier molecular flexibility index (Phi) is 6.96. The molecule has 0 amide bonds. The van der Waals surface area contributed by atoms with E-state index in [1.165, 1.54) is 45.6 Å². The number of piperazine rings is 1.